The van der Waals surface area contributed by atoms with E-state index in [1.54, 1.807) is 0 Å². The van der Waals surface area contributed by atoms with Crippen molar-refractivity contribution in [2.45, 2.75) is 44.7 Å². The summed E-state index contributed by atoms with van der Waals surface area (Å²) in [5.41, 5.74) is 4.30. The predicted molar refractivity (Wildman–Crippen MR) is 90.1 cm³/mol. The van der Waals surface area contributed by atoms with Crippen molar-refractivity contribution in [2.75, 3.05) is 13.2 Å². The molecule has 5 heteroatoms. The maximum absolute atomic E-state index is 10.9. The van der Waals surface area contributed by atoms with E-state index in [1.165, 1.54) is 12.1 Å². The van der Waals surface area contributed by atoms with Crippen LogP contribution in [0.4, 0.5) is 0 Å². The van der Waals surface area contributed by atoms with E-state index < -0.39 is 12.5 Å². The highest BCUT2D eigenvalue weighted by Crippen LogP contribution is 2.45. The van der Waals surface area contributed by atoms with E-state index >= 15 is 0 Å². The van der Waals surface area contributed by atoms with Gasteiger partial charge in [0.2, 0.25) is 0 Å². The third-order valence-corrected chi connectivity index (χ3v) is 6.39. The van der Waals surface area contributed by atoms with Gasteiger partial charge in [-0.3, -0.25) is 4.99 Å². The second-order valence-electron chi connectivity index (χ2n) is 7.74. The summed E-state index contributed by atoms with van der Waals surface area (Å²) in [7, 11) is 0. The summed E-state index contributed by atoms with van der Waals surface area (Å²) in [5.74, 6) is 0.950. The largest absolute Gasteiger partial charge is 0.369 e. The fourth-order valence-corrected chi connectivity index (χ4v) is 5.00. The number of nitrogens with zero attached hydrogens (tertiary/aromatic N) is 2. The van der Waals surface area contributed by atoms with E-state index in [1.807, 2.05) is 6.92 Å². The van der Waals surface area contributed by atoms with Crippen LogP contribution in [-0.2, 0) is 4.74 Å². The maximum Gasteiger partial charge on any atom is 0.161 e. The van der Waals surface area contributed by atoms with Gasteiger partial charge in [-0.1, -0.05) is 13.0 Å². The topological polar surface area (TPSA) is 65.3 Å². The molecule has 0 aromatic heterocycles. The van der Waals surface area contributed by atoms with Crippen molar-refractivity contribution in [3.05, 3.63) is 35.1 Å². The van der Waals surface area contributed by atoms with Crippen molar-refractivity contribution < 1.29 is 14.9 Å². The number of ether oxygens (including phenoxy) is 1. The van der Waals surface area contributed by atoms with E-state index in [2.05, 4.69) is 23.1 Å². The fourth-order valence-electron chi connectivity index (χ4n) is 5.00. The molecule has 6 atom stereocenters. The first kappa shape index (κ1) is 14.9. The molecule has 24 heavy (non-hydrogen) atoms. The molecule has 0 aromatic rings. The lowest BCUT2D eigenvalue weighted by molar-refractivity contribution is -0.130. The summed E-state index contributed by atoms with van der Waals surface area (Å²) in [6.07, 6.45) is 8.67. The zero-order valence-electron chi connectivity index (χ0n) is 13.9. The molecule has 0 saturated carbocycles. The summed E-state index contributed by atoms with van der Waals surface area (Å²) < 4.78 is 5.42. The van der Waals surface area contributed by atoms with Crippen LogP contribution >= 0.6 is 0 Å². The molecule has 6 unspecified atom stereocenters. The minimum atomic E-state index is -0.792. The maximum atomic E-state index is 10.9. The molecule has 4 aliphatic heterocycles. The molecule has 4 heterocycles. The zero-order chi connectivity index (χ0) is 16.4. The second-order valence-corrected chi connectivity index (χ2v) is 7.74. The molecule has 0 bridgehead atoms. The smallest absolute Gasteiger partial charge is 0.161 e. The van der Waals surface area contributed by atoms with E-state index in [-0.39, 0.29) is 12.0 Å². The first-order chi connectivity index (χ1) is 11.6. The van der Waals surface area contributed by atoms with Crippen LogP contribution in [0.1, 0.15) is 26.2 Å². The van der Waals surface area contributed by atoms with Crippen molar-refractivity contribution in [2.24, 2.45) is 22.7 Å². The molecule has 5 aliphatic rings. The molecule has 0 aromatic carbocycles. The van der Waals surface area contributed by atoms with E-state index in [4.69, 9.17) is 9.73 Å². The molecular formula is C19H24N2O3. The van der Waals surface area contributed by atoms with E-state index in [9.17, 15) is 10.2 Å². The van der Waals surface area contributed by atoms with Crippen molar-refractivity contribution in [1.29, 1.82) is 0 Å². The van der Waals surface area contributed by atoms with Crippen LogP contribution < -0.4 is 0 Å². The molecule has 5 nitrogen and oxygen atoms in total. The highest BCUT2D eigenvalue weighted by molar-refractivity contribution is 5.98. The summed E-state index contributed by atoms with van der Waals surface area (Å²) in [4.78, 5) is 7.16. The van der Waals surface area contributed by atoms with E-state index in [0.29, 0.717) is 18.4 Å². The number of allylic oxidation sites excluding steroid dienone is 3. The van der Waals surface area contributed by atoms with Crippen LogP contribution in [0.2, 0.25) is 0 Å². The Balaban J connectivity index is 1.55. The molecule has 1 aliphatic carbocycles. The minimum absolute atomic E-state index is 0.115. The number of aliphatic hydroxyl groups is 2. The number of fused-ring (bicyclic) bond motifs is 4. The van der Waals surface area contributed by atoms with Crippen LogP contribution in [0.5, 0.6) is 0 Å². The fraction of sp³-hybridized carbons (Fsp3) is 0.632. The van der Waals surface area contributed by atoms with Crippen LogP contribution in [0, 0.1) is 17.8 Å². The summed E-state index contributed by atoms with van der Waals surface area (Å²) >= 11 is 0. The summed E-state index contributed by atoms with van der Waals surface area (Å²) in [5, 5.41) is 20.9. The monoisotopic (exact) mass is 328 g/mol. The van der Waals surface area contributed by atoms with Gasteiger partial charge in [0.1, 0.15) is 0 Å². The Bertz CT molecular complexity index is 693. The summed E-state index contributed by atoms with van der Waals surface area (Å²) in [6.45, 7) is 3.12. The number of hydrogen-bond donors (Lipinski definition) is 2. The Kier molecular flexibility index (Phi) is 3.27. The predicted octanol–water partition coefficient (Wildman–Crippen LogP) is 1.59. The Hall–Kier alpha value is -1.43. The second kappa shape index (κ2) is 5.28. The van der Waals surface area contributed by atoms with E-state index in [0.717, 1.165) is 36.2 Å². The number of rotatable bonds is 0. The quantitative estimate of drug-likeness (QED) is 0.709. The van der Waals surface area contributed by atoms with Crippen molar-refractivity contribution in [1.82, 2.24) is 4.90 Å². The Morgan fingerprint density at radius 1 is 1.33 bits per heavy atom. The highest BCUT2D eigenvalue weighted by atomic mass is 16.6. The minimum Gasteiger partial charge on any atom is -0.369 e. The SMILES string of the molecule is CC1C2=C(COC1O)C(O)N1CC3CC4CCC=CC4=NC3C1=C2. The molecule has 128 valence electrons. The van der Waals surface area contributed by atoms with Gasteiger partial charge in [-0.15, -0.1) is 0 Å². The average Bonchev–Trinajstić information content (AvgIpc) is 2.95. The highest BCUT2D eigenvalue weighted by Gasteiger charge is 2.47. The Labute approximate surface area is 142 Å². The van der Waals surface area contributed by atoms with Gasteiger partial charge in [-0.25, -0.2) is 0 Å². The third-order valence-electron chi connectivity index (χ3n) is 6.39. The first-order valence-electron chi connectivity index (χ1n) is 9.06. The zero-order valence-corrected chi connectivity index (χ0v) is 13.9. The van der Waals surface area contributed by atoms with Gasteiger partial charge in [0, 0.05) is 41.3 Å². The number of aliphatic hydroxyl groups excluding tert-OH is 2. The van der Waals surface area contributed by atoms with Gasteiger partial charge in [-0.05, 0) is 37.0 Å². The van der Waals surface area contributed by atoms with Gasteiger partial charge in [-0.2, -0.15) is 0 Å². The number of hydrogen-bond acceptors (Lipinski definition) is 5. The van der Waals surface area contributed by atoms with Crippen LogP contribution in [0.15, 0.2) is 40.1 Å². The lowest BCUT2D eigenvalue weighted by Crippen LogP contribution is -2.43. The summed E-state index contributed by atoms with van der Waals surface area (Å²) in [6, 6.07) is 0.148. The van der Waals surface area contributed by atoms with Crippen LogP contribution in [-0.4, -0.2) is 52.5 Å². The third kappa shape index (κ3) is 2.01. The molecule has 1 saturated heterocycles. The lowest BCUT2D eigenvalue weighted by Gasteiger charge is -2.39. The normalized spacial score (nSPS) is 43.5. The van der Waals surface area contributed by atoms with Crippen molar-refractivity contribution in [3.8, 4) is 0 Å². The van der Waals surface area contributed by atoms with Crippen molar-refractivity contribution in [3.63, 3.8) is 0 Å². The van der Waals surface area contributed by atoms with Gasteiger partial charge >= 0.3 is 0 Å². The lowest BCUT2D eigenvalue weighted by atomic mass is 9.79. The molecule has 0 spiro atoms. The van der Waals surface area contributed by atoms with Gasteiger partial charge in [0.15, 0.2) is 12.5 Å². The van der Waals surface area contributed by atoms with Crippen LogP contribution in [0.25, 0.3) is 0 Å². The molecule has 1 fully saturated rings. The van der Waals surface area contributed by atoms with Crippen LogP contribution in [0.3, 0.4) is 0 Å². The van der Waals surface area contributed by atoms with Crippen molar-refractivity contribution >= 4 is 5.71 Å². The Morgan fingerprint density at radius 2 is 2.21 bits per heavy atom. The molecule has 0 amide bonds. The average molecular weight is 328 g/mol. The standard InChI is InChI=1S/C19H24N2O3/c1-10-13-7-16-17-12(6-11-4-2-3-5-15(11)20-17)8-21(16)18(22)14(13)9-24-19(10)23/h3,5,7,10-12,17-19,22-23H,2,4,6,8-9H2,1H3. The number of aliphatic imine (C=N–C) groups is 1. The first-order valence-corrected chi connectivity index (χ1v) is 9.06. The van der Waals surface area contributed by atoms with Gasteiger partial charge in [0.25, 0.3) is 0 Å². The molecule has 5 rings (SSSR count). The van der Waals surface area contributed by atoms with Gasteiger partial charge < -0.3 is 19.8 Å². The van der Waals surface area contributed by atoms with Gasteiger partial charge in [0.05, 0.1) is 12.6 Å². The molecular weight excluding hydrogens is 304 g/mol. The molecule has 2 N–H and O–H groups in total. The molecule has 0 radical (unpaired) electrons. The Morgan fingerprint density at radius 3 is 3.08 bits per heavy atom.